The van der Waals surface area contributed by atoms with Crippen molar-refractivity contribution in [2.45, 2.75) is 5.75 Å². The van der Waals surface area contributed by atoms with Crippen LogP contribution in [-0.4, -0.2) is 38.1 Å². The highest BCUT2D eigenvalue weighted by Crippen LogP contribution is 2.07. The molecule has 0 saturated carbocycles. The molecule has 88 valence electrons. The Labute approximate surface area is 102 Å². The van der Waals surface area contributed by atoms with E-state index in [1.54, 1.807) is 12.1 Å². The molecule has 0 radical (unpaired) electrons. The smallest absolute Gasteiger partial charge is 0.338 e. The molecule has 0 aromatic heterocycles. The Morgan fingerprint density at radius 2 is 1.94 bits per heavy atom. The van der Waals surface area contributed by atoms with E-state index >= 15 is 0 Å². The lowest BCUT2D eigenvalue weighted by molar-refractivity contribution is 0.0482. The number of carbonyl (C=O) groups excluding carboxylic acids is 1. The molecule has 0 fully saturated rings. The first kappa shape index (κ1) is 13.1. The Morgan fingerprint density at radius 3 is 2.44 bits per heavy atom. The number of esters is 1. The number of rotatable bonds is 5. The van der Waals surface area contributed by atoms with Crippen molar-refractivity contribution in [2.24, 2.45) is 0 Å². The van der Waals surface area contributed by atoms with E-state index in [-0.39, 0.29) is 5.97 Å². The van der Waals surface area contributed by atoms with Crippen molar-refractivity contribution in [1.82, 2.24) is 4.90 Å². The topological polar surface area (TPSA) is 29.5 Å². The second-order valence-corrected chi connectivity index (χ2v) is 4.11. The number of nitrogens with zero attached hydrogens (tertiary/aromatic N) is 1. The molecule has 4 heteroatoms. The summed E-state index contributed by atoms with van der Waals surface area (Å²) in [6, 6.07) is 7.30. The largest absolute Gasteiger partial charge is 0.461 e. The van der Waals surface area contributed by atoms with Crippen molar-refractivity contribution in [3.8, 4) is 0 Å². The van der Waals surface area contributed by atoms with Crippen molar-refractivity contribution in [3.05, 3.63) is 35.4 Å². The van der Waals surface area contributed by atoms with Gasteiger partial charge in [0.2, 0.25) is 0 Å². The third-order valence-electron chi connectivity index (χ3n) is 2.14. The minimum absolute atomic E-state index is 0.271. The van der Waals surface area contributed by atoms with Gasteiger partial charge in [0, 0.05) is 12.3 Å². The molecule has 0 aliphatic carbocycles. The van der Waals surface area contributed by atoms with Gasteiger partial charge < -0.3 is 9.64 Å². The maximum absolute atomic E-state index is 11.6. The summed E-state index contributed by atoms with van der Waals surface area (Å²) in [7, 11) is 3.88. The zero-order chi connectivity index (χ0) is 12.0. The summed E-state index contributed by atoms with van der Waals surface area (Å²) in [5.41, 5.74) is 1.68. The van der Waals surface area contributed by atoms with Crippen LogP contribution < -0.4 is 0 Å². The second kappa shape index (κ2) is 6.55. The lowest BCUT2D eigenvalue weighted by Crippen LogP contribution is -2.20. The van der Waals surface area contributed by atoms with Crippen LogP contribution in [0.1, 0.15) is 15.9 Å². The molecule has 1 rings (SSSR count). The molecular weight excluding hydrogens is 222 g/mol. The number of ether oxygens (including phenoxy) is 1. The van der Waals surface area contributed by atoms with E-state index in [0.29, 0.717) is 17.9 Å². The van der Waals surface area contributed by atoms with E-state index in [2.05, 4.69) is 12.6 Å². The van der Waals surface area contributed by atoms with E-state index in [0.717, 1.165) is 12.1 Å². The SMILES string of the molecule is CN(C)CCOC(=O)c1ccc(CS)cc1. The first-order valence-electron chi connectivity index (χ1n) is 5.15. The number of hydrogen-bond donors (Lipinski definition) is 1. The molecule has 1 aromatic carbocycles. The average molecular weight is 239 g/mol. The van der Waals surface area contributed by atoms with Gasteiger partial charge in [0.15, 0.2) is 0 Å². The number of hydrogen-bond acceptors (Lipinski definition) is 4. The molecule has 0 unspecified atom stereocenters. The van der Waals surface area contributed by atoms with Crippen LogP contribution >= 0.6 is 12.6 Å². The predicted molar refractivity (Wildman–Crippen MR) is 68.0 cm³/mol. The Bertz CT molecular complexity index is 335. The van der Waals surface area contributed by atoms with Crippen LogP contribution in [0.5, 0.6) is 0 Å². The van der Waals surface area contributed by atoms with Crippen molar-refractivity contribution >= 4 is 18.6 Å². The number of carbonyl (C=O) groups is 1. The van der Waals surface area contributed by atoms with E-state index in [9.17, 15) is 4.79 Å². The molecule has 16 heavy (non-hydrogen) atoms. The van der Waals surface area contributed by atoms with Crippen LogP contribution in [0, 0.1) is 0 Å². The van der Waals surface area contributed by atoms with Gasteiger partial charge in [0.05, 0.1) is 5.56 Å². The quantitative estimate of drug-likeness (QED) is 0.628. The standard InChI is InChI=1S/C12H17NO2S/c1-13(2)7-8-15-12(14)11-5-3-10(9-16)4-6-11/h3-6,16H,7-9H2,1-2H3. The predicted octanol–water partition coefficient (Wildman–Crippen LogP) is 1.83. The third-order valence-corrected chi connectivity index (χ3v) is 2.51. The highest BCUT2D eigenvalue weighted by atomic mass is 32.1. The zero-order valence-corrected chi connectivity index (χ0v) is 10.5. The van der Waals surface area contributed by atoms with E-state index in [1.165, 1.54) is 0 Å². The van der Waals surface area contributed by atoms with Gasteiger partial charge in [0.1, 0.15) is 6.61 Å². The lowest BCUT2D eigenvalue weighted by atomic mass is 10.1. The maximum atomic E-state index is 11.6. The maximum Gasteiger partial charge on any atom is 0.338 e. The van der Waals surface area contributed by atoms with E-state index < -0.39 is 0 Å². The molecular formula is C12H17NO2S. The minimum Gasteiger partial charge on any atom is -0.461 e. The lowest BCUT2D eigenvalue weighted by Gasteiger charge is -2.09. The van der Waals surface area contributed by atoms with Crippen molar-refractivity contribution in [2.75, 3.05) is 27.2 Å². The van der Waals surface area contributed by atoms with Crippen LogP contribution in [0.25, 0.3) is 0 Å². The molecule has 0 heterocycles. The summed E-state index contributed by atoms with van der Waals surface area (Å²) >= 11 is 4.15. The first-order chi connectivity index (χ1) is 7.63. The molecule has 0 bridgehead atoms. The number of benzene rings is 1. The van der Waals surface area contributed by atoms with Crippen LogP contribution in [0.15, 0.2) is 24.3 Å². The molecule has 1 aromatic rings. The van der Waals surface area contributed by atoms with Gasteiger partial charge >= 0.3 is 5.97 Å². The van der Waals surface area contributed by atoms with Crippen LogP contribution in [0.3, 0.4) is 0 Å². The Balaban J connectivity index is 2.46. The third kappa shape index (κ3) is 4.24. The van der Waals surface area contributed by atoms with Gasteiger partial charge in [-0.3, -0.25) is 0 Å². The number of thiol groups is 1. The summed E-state index contributed by atoms with van der Waals surface area (Å²) < 4.78 is 5.11. The number of likely N-dealkylation sites (N-methyl/N-ethyl adjacent to an activating group) is 1. The van der Waals surface area contributed by atoms with Crippen LogP contribution in [-0.2, 0) is 10.5 Å². The fourth-order valence-corrected chi connectivity index (χ4v) is 1.36. The Hall–Kier alpha value is -1.00. The van der Waals surface area contributed by atoms with Crippen molar-refractivity contribution < 1.29 is 9.53 Å². The summed E-state index contributed by atoms with van der Waals surface area (Å²) in [5.74, 6) is 0.406. The summed E-state index contributed by atoms with van der Waals surface area (Å²) in [6.07, 6.45) is 0. The minimum atomic E-state index is -0.271. The Kier molecular flexibility index (Phi) is 5.35. The molecule has 0 spiro atoms. The summed E-state index contributed by atoms with van der Waals surface area (Å²) in [6.45, 7) is 1.15. The summed E-state index contributed by atoms with van der Waals surface area (Å²) in [5, 5.41) is 0. The highest BCUT2D eigenvalue weighted by Gasteiger charge is 2.06. The van der Waals surface area contributed by atoms with Gasteiger partial charge in [-0.25, -0.2) is 4.79 Å². The molecule has 0 saturated heterocycles. The van der Waals surface area contributed by atoms with Crippen molar-refractivity contribution in [3.63, 3.8) is 0 Å². The van der Waals surface area contributed by atoms with E-state index in [4.69, 9.17) is 4.74 Å². The molecule has 3 nitrogen and oxygen atoms in total. The fourth-order valence-electron chi connectivity index (χ4n) is 1.15. The molecule has 0 aliphatic heterocycles. The Morgan fingerprint density at radius 1 is 1.31 bits per heavy atom. The molecule has 0 N–H and O–H groups in total. The van der Waals surface area contributed by atoms with Gasteiger partial charge in [-0.2, -0.15) is 12.6 Å². The van der Waals surface area contributed by atoms with Gasteiger partial charge in [-0.1, -0.05) is 12.1 Å². The zero-order valence-electron chi connectivity index (χ0n) is 9.64. The van der Waals surface area contributed by atoms with Crippen LogP contribution in [0.4, 0.5) is 0 Å². The van der Waals surface area contributed by atoms with E-state index in [1.807, 2.05) is 31.1 Å². The highest BCUT2D eigenvalue weighted by molar-refractivity contribution is 7.79. The van der Waals surface area contributed by atoms with Gasteiger partial charge in [0.25, 0.3) is 0 Å². The molecule has 0 aliphatic rings. The van der Waals surface area contributed by atoms with Gasteiger partial charge in [-0.15, -0.1) is 0 Å². The average Bonchev–Trinajstić information content (AvgIpc) is 2.28. The summed E-state index contributed by atoms with van der Waals surface area (Å²) in [4.78, 5) is 13.5. The second-order valence-electron chi connectivity index (χ2n) is 3.79. The first-order valence-corrected chi connectivity index (χ1v) is 5.78. The van der Waals surface area contributed by atoms with Crippen LogP contribution in [0.2, 0.25) is 0 Å². The fraction of sp³-hybridized carbons (Fsp3) is 0.417. The normalized spacial score (nSPS) is 10.5. The van der Waals surface area contributed by atoms with Gasteiger partial charge in [-0.05, 0) is 31.8 Å². The van der Waals surface area contributed by atoms with Crippen molar-refractivity contribution in [1.29, 1.82) is 0 Å². The molecule has 0 atom stereocenters. The molecule has 0 amide bonds. The monoisotopic (exact) mass is 239 g/mol.